The zero-order valence-corrected chi connectivity index (χ0v) is 5.00. The van der Waals surface area contributed by atoms with Gasteiger partial charge >= 0.3 is 0 Å². The first-order chi connectivity index (χ1) is 4.25. The van der Waals surface area contributed by atoms with Crippen LogP contribution in [0, 0.1) is 5.41 Å². The first kappa shape index (κ1) is 6.07. The number of guanidine groups is 1. The summed E-state index contributed by atoms with van der Waals surface area (Å²) >= 11 is 0. The van der Waals surface area contributed by atoms with E-state index in [2.05, 4.69) is 0 Å². The molecular weight excluding hydrogens is 118 g/mol. The van der Waals surface area contributed by atoms with E-state index in [-0.39, 0.29) is 12.0 Å². The molecule has 1 atom stereocenters. The van der Waals surface area contributed by atoms with Crippen molar-refractivity contribution in [2.24, 2.45) is 5.73 Å². The summed E-state index contributed by atoms with van der Waals surface area (Å²) in [4.78, 5) is 11.7. The Morgan fingerprint density at radius 1 is 1.89 bits per heavy atom. The molecule has 1 aliphatic heterocycles. The topological polar surface area (TPSA) is 70.2 Å². The van der Waals surface area contributed by atoms with Gasteiger partial charge in [-0.1, -0.05) is 0 Å². The number of aldehydes is 1. The van der Waals surface area contributed by atoms with E-state index < -0.39 is 0 Å². The first-order valence-electron chi connectivity index (χ1n) is 2.81. The third-order valence-electron chi connectivity index (χ3n) is 1.53. The molecule has 0 saturated carbocycles. The molecule has 4 heteroatoms. The van der Waals surface area contributed by atoms with E-state index in [1.165, 1.54) is 0 Å². The fourth-order valence-electron chi connectivity index (χ4n) is 0.848. The van der Waals surface area contributed by atoms with Gasteiger partial charge in [-0.3, -0.25) is 5.41 Å². The Morgan fingerprint density at radius 3 is 2.67 bits per heavy atom. The lowest BCUT2D eigenvalue weighted by molar-refractivity contribution is -0.113. The number of nitrogens with one attached hydrogen (secondary N) is 1. The molecule has 3 N–H and O–H groups in total. The number of likely N-dealkylation sites (tertiary alicyclic amines) is 1. The zero-order valence-electron chi connectivity index (χ0n) is 5.00. The van der Waals surface area contributed by atoms with Crippen LogP contribution in [-0.4, -0.2) is 29.7 Å². The highest BCUT2D eigenvalue weighted by Crippen LogP contribution is 2.12. The van der Waals surface area contributed by atoms with E-state index in [0.29, 0.717) is 0 Å². The summed E-state index contributed by atoms with van der Waals surface area (Å²) in [5, 5.41) is 6.93. The molecule has 1 saturated heterocycles. The third kappa shape index (κ3) is 0.872. The Labute approximate surface area is 53.1 Å². The molecule has 0 aromatic heterocycles. The molecule has 1 aliphatic rings. The minimum absolute atomic E-state index is 0.00153. The third-order valence-corrected chi connectivity index (χ3v) is 1.53. The van der Waals surface area contributed by atoms with Crippen molar-refractivity contribution in [3.8, 4) is 0 Å². The maximum atomic E-state index is 10.1. The molecule has 1 fully saturated rings. The molecule has 4 nitrogen and oxygen atoms in total. The highest BCUT2D eigenvalue weighted by atomic mass is 16.1. The van der Waals surface area contributed by atoms with Crippen molar-refractivity contribution in [3.05, 3.63) is 0 Å². The van der Waals surface area contributed by atoms with Gasteiger partial charge in [-0.15, -0.1) is 0 Å². The van der Waals surface area contributed by atoms with Crippen LogP contribution in [0.3, 0.4) is 0 Å². The molecule has 0 amide bonds. The molecule has 0 aliphatic carbocycles. The normalized spacial score (nSPS) is 24.9. The molecule has 1 unspecified atom stereocenters. The van der Waals surface area contributed by atoms with Crippen LogP contribution in [0.4, 0.5) is 0 Å². The second kappa shape index (κ2) is 2.05. The van der Waals surface area contributed by atoms with Gasteiger partial charge in [-0.25, -0.2) is 0 Å². The second-order valence-electron chi connectivity index (χ2n) is 2.07. The molecule has 0 aromatic carbocycles. The lowest BCUT2D eigenvalue weighted by Crippen LogP contribution is -2.54. The second-order valence-corrected chi connectivity index (χ2v) is 2.07. The van der Waals surface area contributed by atoms with Gasteiger partial charge in [-0.05, 0) is 6.42 Å². The number of hydrogen-bond donors (Lipinski definition) is 2. The Morgan fingerprint density at radius 2 is 2.56 bits per heavy atom. The Kier molecular flexibility index (Phi) is 1.38. The molecule has 1 rings (SSSR count). The maximum absolute atomic E-state index is 10.1. The minimum atomic E-state index is -0.123. The van der Waals surface area contributed by atoms with E-state index in [9.17, 15) is 4.79 Å². The van der Waals surface area contributed by atoms with Crippen molar-refractivity contribution in [2.75, 3.05) is 6.54 Å². The van der Waals surface area contributed by atoms with Crippen molar-refractivity contribution in [1.29, 1.82) is 5.41 Å². The summed E-state index contributed by atoms with van der Waals surface area (Å²) in [6.07, 6.45) is 1.66. The van der Waals surface area contributed by atoms with Gasteiger partial charge < -0.3 is 15.4 Å². The van der Waals surface area contributed by atoms with Gasteiger partial charge in [0, 0.05) is 6.54 Å². The standard InChI is InChI=1S/C5H9N3O/c6-5(7)8-2-1-4(8)3-9/h3-4H,1-2H2,(H3,6,7). The summed E-state index contributed by atoms with van der Waals surface area (Å²) in [6.45, 7) is 0.749. The van der Waals surface area contributed by atoms with Gasteiger partial charge in [-0.2, -0.15) is 0 Å². The molecule has 0 spiro atoms. The summed E-state index contributed by atoms with van der Waals surface area (Å²) < 4.78 is 0. The molecule has 0 bridgehead atoms. The van der Waals surface area contributed by atoms with E-state index in [4.69, 9.17) is 11.1 Å². The summed E-state index contributed by atoms with van der Waals surface area (Å²) in [7, 11) is 0. The predicted molar refractivity (Wildman–Crippen MR) is 33.1 cm³/mol. The van der Waals surface area contributed by atoms with Crippen molar-refractivity contribution in [2.45, 2.75) is 12.5 Å². The van der Waals surface area contributed by atoms with E-state index >= 15 is 0 Å². The average Bonchev–Trinajstić information content (AvgIpc) is 1.61. The van der Waals surface area contributed by atoms with Crippen LogP contribution in [0.25, 0.3) is 0 Å². The first-order valence-corrected chi connectivity index (χ1v) is 2.81. The largest absolute Gasteiger partial charge is 0.370 e. The number of rotatable bonds is 1. The van der Waals surface area contributed by atoms with E-state index in [1.54, 1.807) is 4.90 Å². The fraction of sp³-hybridized carbons (Fsp3) is 0.600. The van der Waals surface area contributed by atoms with Crippen LogP contribution in [0.2, 0.25) is 0 Å². The van der Waals surface area contributed by atoms with Crippen LogP contribution in [0.5, 0.6) is 0 Å². The summed E-state index contributed by atoms with van der Waals surface area (Å²) in [6, 6.07) is -0.123. The van der Waals surface area contributed by atoms with E-state index in [1.807, 2.05) is 0 Å². The Hall–Kier alpha value is -1.06. The Balaban J connectivity index is 2.44. The average molecular weight is 127 g/mol. The van der Waals surface area contributed by atoms with Crippen LogP contribution in [0.15, 0.2) is 0 Å². The highest BCUT2D eigenvalue weighted by molar-refractivity contribution is 5.80. The van der Waals surface area contributed by atoms with Gasteiger partial charge in [0.15, 0.2) is 5.96 Å². The molecular formula is C5H9N3O. The highest BCUT2D eigenvalue weighted by Gasteiger charge is 2.27. The maximum Gasteiger partial charge on any atom is 0.188 e. The Bertz CT molecular complexity index is 145. The molecule has 0 radical (unpaired) electrons. The summed E-state index contributed by atoms with van der Waals surface area (Å²) in [5.41, 5.74) is 5.11. The molecule has 50 valence electrons. The molecule has 0 aromatic rings. The SMILES string of the molecule is N=C(N)N1CCC1C=O. The fourth-order valence-corrected chi connectivity index (χ4v) is 0.848. The van der Waals surface area contributed by atoms with Crippen LogP contribution in [0.1, 0.15) is 6.42 Å². The predicted octanol–water partition coefficient (Wildman–Crippen LogP) is -0.847. The van der Waals surface area contributed by atoms with Crippen molar-refractivity contribution >= 4 is 12.2 Å². The quantitative estimate of drug-likeness (QED) is 0.274. The summed E-state index contributed by atoms with van der Waals surface area (Å²) in [5.74, 6) is -0.00153. The minimum Gasteiger partial charge on any atom is -0.370 e. The van der Waals surface area contributed by atoms with Gasteiger partial charge in [0.25, 0.3) is 0 Å². The van der Waals surface area contributed by atoms with Crippen LogP contribution in [-0.2, 0) is 4.79 Å². The monoisotopic (exact) mass is 127 g/mol. The number of nitrogens with two attached hydrogens (primary N) is 1. The molecule has 9 heavy (non-hydrogen) atoms. The van der Waals surface area contributed by atoms with Crippen molar-refractivity contribution in [3.63, 3.8) is 0 Å². The smallest absolute Gasteiger partial charge is 0.188 e. The number of hydrogen-bond acceptors (Lipinski definition) is 2. The lowest BCUT2D eigenvalue weighted by atomic mass is 10.1. The van der Waals surface area contributed by atoms with Gasteiger partial charge in [0.05, 0.1) is 6.04 Å². The van der Waals surface area contributed by atoms with Crippen molar-refractivity contribution in [1.82, 2.24) is 4.90 Å². The number of carbonyl (C=O) groups excluding carboxylic acids is 1. The number of carbonyl (C=O) groups is 1. The zero-order chi connectivity index (χ0) is 6.85. The lowest BCUT2D eigenvalue weighted by Gasteiger charge is -2.37. The number of nitrogens with zero attached hydrogens (tertiary/aromatic N) is 1. The van der Waals surface area contributed by atoms with Gasteiger partial charge in [0.1, 0.15) is 6.29 Å². The van der Waals surface area contributed by atoms with E-state index in [0.717, 1.165) is 19.3 Å². The van der Waals surface area contributed by atoms with Crippen molar-refractivity contribution < 1.29 is 4.79 Å². The van der Waals surface area contributed by atoms with Crippen LogP contribution >= 0.6 is 0 Å². The van der Waals surface area contributed by atoms with Crippen LogP contribution < -0.4 is 5.73 Å². The van der Waals surface area contributed by atoms with Gasteiger partial charge in [0.2, 0.25) is 0 Å². The molecule has 1 heterocycles.